The zero-order valence-corrected chi connectivity index (χ0v) is 18.2. The van der Waals surface area contributed by atoms with E-state index in [1.807, 2.05) is 66.9 Å². The van der Waals surface area contributed by atoms with Crippen molar-refractivity contribution < 1.29 is 18.8 Å². The Labute approximate surface area is 183 Å². The van der Waals surface area contributed by atoms with Gasteiger partial charge in [-0.15, -0.1) is 0 Å². The summed E-state index contributed by atoms with van der Waals surface area (Å²) in [7, 11) is 0. The van der Waals surface area contributed by atoms with Crippen LogP contribution in [-0.4, -0.2) is 35.5 Å². The van der Waals surface area contributed by atoms with Gasteiger partial charge in [0.05, 0.1) is 23.4 Å². The number of nitrogens with zero attached hydrogens (tertiary/aromatic N) is 3. The van der Waals surface area contributed by atoms with Crippen LogP contribution in [-0.2, 0) is 11.3 Å². The van der Waals surface area contributed by atoms with Crippen LogP contribution in [0.25, 0.3) is 21.5 Å². The lowest BCUT2D eigenvalue weighted by atomic mass is 10.1. The van der Waals surface area contributed by atoms with Crippen LogP contribution in [0.5, 0.6) is 5.75 Å². The van der Waals surface area contributed by atoms with Crippen LogP contribution >= 0.6 is 11.3 Å². The number of rotatable bonds is 8. The van der Waals surface area contributed by atoms with Gasteiger partial charge in [-0.25, -0.2) is 0 Å². The molecule has 0 bridgehead atoms. The molecule has 2 heterocycles. The normalized spacial score (nSPS) is 11.9. The molecule has 31 heavy (non-hydrogen) atoms. The van der Waals surface area contributed by atoms with E-state index in [-0.39, 0.29) is 5.69 Å². The summed E-state index contributed by atoms with van der Waals surface area (Å²) in [5.74, 6) is 0.865. The molecule has 0 aliphatic rings. The lowest BCUT2D eigenvalue weighted by Gasteiger charge is -2.06. The summed E-state index contributed by atoms with van der Waals surface area (Å²) >= 11 is 1.43. The summed E-state index contributed by atoms with van der Waals surface area (Å²) in [5, 5.41) is 3.92. The van der Waals surface area contributed by atoms with E-state index in [9.17, 15) is 4.79 Å². The highest BCUT2D eigenvalue weighted by Gasteiger charge is 2.15. The van der Waals surface area contributed by atoms with E-state index >= 15 is 0 Å². The maximum absolute atomic E-state index is 12.8. The number of fused-ring (bicyclic) bond motifs is 1. The molecule has 7 nitrogen and oxygen atoms in total. The average molecular weight is 438 g/mol. The first kappa shape index (κ1) is 21.0. The summed E-state index contributed by atoms with van der Waals surface area (Å²) < 4.78 is 19.5. The molecule has 0 fully saturated rings. The van der Waals surface area contributed by atoms with Crippen LogP contribution in [0.4, 0.5) is 0 Å². The summed E-state index contributed by atoms with van der Waals surface area (Å²) in [6.45, 7) is 6.23. The Balaban J connectivity index is 1.70. The molecule has 0 N–H and O–H groups in total. The van der Waals surface area contributed by atoms with E-state index < -0.39 is 5.91 Å². The highest BCUT2D eigenvalue weighted by Crippen LogP contribution is 2.24. The van der Waals surface area contributed by atoms with Gasteiger partial charge in [0, 0.05) is 24.8 Å². The smallest absolute Gasteiger partial charge is 0.301 e. The Morgan fingerprint density at radius 1 is 1.13 bits per heavy atom. The van der Waals surface area contributed by atoms with Crippen molar-refractivity contribution in [2.45, 2.75) is 20.4 Å². The topological polar surface area (TPSA) is 78.9 Å². The molecule has 2 aromatic carbocycles. The fourth-order valence-electron chi connectivity index (χ4n) is 3.17. The van der Waals surface area contributed by atoms with Crippen LogP contribution in [0, 0.1) is 0 Å². The van der Waals surface area contributed by atoms with Crippen molar-refractivity contribution in [3.63, 3.8) is 0 Å². The van der Waals surface area contributed by atoms with Crippen molar-refractivity contribution in [3.05, 3.63) is 65.1 Å². The van der Waals surface area contributed by atoms with Gasteiger partial charge in [-0.2, -0.15) is 4.99 Å². The zero-order chi connectivity index (χ0) is 21.6. The van der Waals surface area contributed by atoms with Crippen LogP contribution in [0.2, 0.25) is 0 Å². The van der Waals surface area contributed by atoms with Crippen LogP contribution in [0.15, 0.2) is 64.1 Å². The third-order valence-electron chi connectivity index (χ3n) is 4.61. The number of carbonyl (C=O) groups excluding carboxylic acids is 1. The van der Waals surface area contributed by atoms with Crippen molar-refractivity contribution >= 4 is 27.5 Å². The highest BCUT2D eigenvalue weighted by atomic mass is 32.1. The van der Waals surface area contributed by atoms with Gasteiger partial charge in [-0.3, -0.25) is 4.79 Å². The van der Waals surface area contributed by atoms with Crippen molar-refractivity contribution in [1.29, 1.82) is 0 Å². The molecule has 0 unspecified atom stereocenters. The molecule has 0 aliphatic carbocycles. The van der Waals surface area contributed by atoms with Gasteiger partial charge >= 0.3 is 5.91 Å². The standard InChI is InChI=1S/C23H23N3O4S/c1-3-28-13-12-26-19-11-10-17(29-4-2)14-21(19)31-23(26)24-22(27)18-15-20(30-25-18)16-8-6-5-7-9-16/h5-11,14-15H,3-4,12-13H2,1-2H3. The minimum absolute atomic E-state index is 0.169. The van der Waals surface area contributed by atoms with Crippen LogP contribution in [0.3, 0.4) is 0 Å². The van der Waals surface area contributed by atoms with Crippen LogP contribution < -0.4 is 9.54 Å². The van der Waals surface area contributed by atoms with Gasteiger partial charge in [0.15, 0.2) is 16.3 Å². The Morgan fingerprint density at radius 3 is 2.74 bits per heavy atom. The van der Waals surface area contributed by atoms with Gasteiger partial charge in [0.2, 0.25) is 0 Å². The minimum Gasteiger partial charge on any atom is -0.494 e. The first-order valence-electron chi connectivity index (χ1n) is 10.1. The Kier molecular flexibility index (Phi) is 6.59. The number of ether oxygens (including phenoxy) is 2. The number of hydrogen-bond acceptors (Lipinski definition) is 6. The van der Waals surface area contributed by atoms with E-state index in [1.54, 1.807) is 6.07 Å². The number of carbonyl (C=O) groups is 1. The maximum atomic E-state index is 12.8. The number of thiazole rings is 1. The van der Waals surface area contributed by atoms with Crippen molar-refractivity contribution in [3.8, 4) is 17.1 Å². The molecule has 0 saturated carbocycles. The predicted octanol–water partition coefficient (Wildman–Crippen LogP) is 4.53. The Hall–Kier alpha value is -3.23. The molecule has 1 amide bonds. The maximum Gasteiger partial charge on any atom is 0.301 e. The fourth-order valence-corrected chi connectivity index (χ4v) is 4.25. The SMILES string of the molecule is CCOCCn1c(=NC(=O)c2cc(-c3ccccc3)on2)sc2cc(OCC)ccc21. The summed E-state index contributed by atoms with van der Waals surface area (Å²) in [6, 6.07) is 17.0. The second kappa shape index (κ2) is 9.72. The van der Waals surface area contributed by atoms with Gasteiger partial charge < -0.3 is 18.6 Å². The molecule has 0 saturated heterocycles. The average Bonchev–Trinajstić information content (AvgIpc) is 3.40. The van der Waals surface area contributed by atoms with Gasteiger partial charge in [-0.05, 0) is 32.0 Å². The molecule has 0 atom stereocenters. The fraction of sp³-hybridized carbons (Fsp3) is 0.261. The lowest BCUT2D eigenvalue weighted by Crippen LogP contribution is -2.19. The summed E-state index contributed by atoms with van der Waals surface area (Å²) in [4.78, 5) is 17.8. The first-order chi connectivity index (χ1) is 15.2. The molecule has 4 rings (SSSR count). The molecule has 0 spiro atoms. The molecule has 2 aromatic heterocycles. The van der Waals surface area contributed by atoms with E-state index in [0.717, 1.165) is 21.5 Å². The third kappa shape index (κ3) is 4.76. The van der Waals surface area contributed by atoms with Crippen molar-refractivity contribution in [1.82, 2.24) is 9.72 Å². The van der Waals surface area contributed by atoms with Crippen molar-refractivity contribution in [2.24, 2.45) is 4.99 Å². The molecular formula is C23H23N3O4S. The van der Waals surface area contributed by atoms with Gasteiger partial charge in [0.25, 0.3) is 0 Å². The number of benzene rings is 2. The number of aromatic nitrogens is 2. The highest BCUT2D eigenvalue weighted by molar-refractivity contribution is 7.16. The molecule has 4 aromatic rings. The Morgan fingerprint density at radius 2 is 1.97 bits per heavy atom. The second-order valence-corrected chi connectivity index (χ2v) is 7.66. The first-order valence-corrected chi connectivity index (χ1v) is 11.0. The number of amides is 1. The van der Waals surface area contributed by atoms with Crippen LogP contribution in [0.1, 0.15) is 24.3 Å². The van der Waals surface area contributed by atoms with E-state index in [0.29, 0.717) is 36.9 Å². The lowest BCUT2D eigenvalue weighted by molar-refractivity contribution is 0.0988. The monoisotopic (exact) mass is 437 g/mol. The predicted molar refractivity (Wildman–Crippen MR) is 119 cm³/mol. The molecule has 0 aliphatic heterocycles. The molecule has 8 heteroatoms. The number of hydrogen-bond donors (Lipinski definition) is 0. The van der Waals surface area contributed by atoms with Crippen molar-refractivity contribution in [2.75, 3.05) is 19.8 Å². The second-order valence-electron chi connectivity index (χ2n) is 6.66. The molecule has 160 valence electrons. The minimum atomic E-state index is -0.451. The Bertz CT molecular complexity index is 1240. The summed E-state index contributed by atoms with van der Waals surface area (Å²) in [5.41, 5.74) is 2.00. The van der Waals surface area contributed by atoms with E-state index in [4.69, 9.17) is 14.0 Å². The van der Waals surface area contributed by atoms with E-state index in [2.05, 4.69) is 10.1 Å². The van der Waals surface area contributed by atoms with Gasteiger partial charge in [-0.1, -0.05) is 46.8 Å². The van der Waals surface area contributed by atoms with E-state index in [1.165, 1.54) is 11.3 Å². The molecule has 0 radical (unpaired) electrons. The third-order valence-corrected chi connectivity index (χ3v) is 5.65. The zero-order valence-electron chi connectivity index (χ0n) is 17.4. The molecular weight excluding hydrogens is 414 g/mol. The quantitative estimate of drug-likeness (QED) is 0.378. The summed E-state index contributed by atoms with van der Waals surface area (Å²) in [6.07, 6.45) is 0. The largest absolute Gasteiger partial charge is 0.494 e. The van der Waals surface area contributed by atoms with Gasteiger partial charge in [0.1, 0.15) is 5.75 Å².